The smallest absolute Gasteiger partial charge is 0.161 e. The number of methoxy groups -OCH3 is 1. The lowest BCUT2D eigenvalue weighted by atomic mass is 10.2. The molecule has 2 aromatic rings. The van der Waals surface area contributed by atoms with Crippen molar-refractivity contribution in [1.82, 2.24) is 0 Å². The summed E-state index contributed by atoms with van der Waals surface area (Å²) in [5.74, 6) is 2.07. The molecule has 0 spiro atoms. The van der Waals surface area contributed by atoms with Gasteiger partial charge in [0.2, 0.25) is 0 Å². The van der Waals surface area contributed by atoms with Crippen molar-refractivity contribution in [3.05, 3.63) is 47.0 Å². The summed E-state index contributed by atoms with van der Waals surface area (Å²) in [6.07, 6.45) is 0. The van der Waals surface area contributed by atoms with E-state index >= 15 is 0 Å². The van der Waals surface area contributed by atoms with Crippen LogP contribution in [-0.2, 0) is 0 Å². The van der Waals surface area contributed by atoms with E-state index in [4.69, 9.17) is 31.5 Å². The Hall–Kier alpha value is -2.07. The Bertz CT molecular complexity index is 616. The number of anilines is 1. The summed E-state index contributed by atoms with van der Waals surface area (Å²) in [4.78, 5) is 0. The number of hydrogen-bond acceptors (Lipinski definition) is 4. The van der Waals surface area contributed by atoms with Crippen molar-refractivity contribution in [3.8, 4) is 17.2 Å². The van der Waals surface area contributed by atoms with Crippen LogP contribution in [0, 0.1) is 6.92 Å². The molecule has 2 rings (SSSR count). The second kappa shape index (κ2) is 7.09. The van der Waals surface area contributed by atoms with Gasteiger partial charge in [0.15, 0.2) is 11.5 Å². The van der Waals surface area contributed by atoms with E-state index in [-0.39, 0.29) is 0 Å². The first-order valence-electron chi connectivity index (χ1n) is 6.55. The normalized spacial score (nSPS) is 10.2. The van der Waals surface area contributed by atoms with Crippen LogP contribution in [0.4, 0.5) is 5.69 Å². The first-order chi connectivity index (χ1) is 10.1. The largest absolute Gasteiger partial charge is 0.493 e. The minimum atomic E-state index is 0.401. The van der Waals surface area contributed by atoms with Crippen molar-refractivity contribution < 1.29 is 14.2 Å². The Balaban J connectivity index is 1.86. The van der Waals surface area contributed by atoms with Gasteiger partial charge < -0.3 is 19.9 Å². The summed E-state index contributed by atoms with van der Waals surface area (Å²) < 4.78 is 16.5. The highest BCUT2D eigenvalue weighted by atomic mass is 35.5. The molecule has 0 aliphatic rings. The first-order valence-corrected chi connectivity index (χ1v) is 6.93. The summed E-state index contributed by atoms with van der Waals surface area (Å²) in [6, 6.07) is 10.9. The summed E-state index contributed by atoms with van der Waals surface area (Å²) in [5.41, 5.74) is 7.32. The van der Waals surface area contributed by atoms with Crippen LogP contribution in [0.5, 0.6) is 17.2 Å². The molecule has 0 aromatic heterocycles. The Morgan fingerprint density at radius 3 is 2.48 bits per heavy atom. The van der Waals surface area contributed by atoms with E-state index in [1.54, 1.807) is 25.3 Å². The number of nitrogen functional groups attached to an aromatic ring is 1. The average Bonchev–Trinajstić information content (AvgIpc) is 2.48. The van der Waals surface area contributed by atoms with E-state index in [0.717, 1.165) is 5.56 Å². The minimum Gasteiger partial charge on any atom is -0.493 e. The highest BCUT2D eigenvalue weighted by molar-refractivity contribution is 6.33. The molecule has 4 nitrogen and oxygen atoms in total. The van der Waals surface area contributed by atoms with E-state index in [0.29, 0.717) is 41.2 Å². The molecule has 0 saturated heterocycles. The molecule has 0 aliphatic heterocycles. The fraction of sp³-hybridized carbons (Fsp3) is 0.250. The fourth-order valence-corrected chi connectivity index (χ4v) is 1.93. The van der Waals surface area contributed by atoms with Gasteiger partial charge in [-0.25, -0.2) is 0 Å². The summed E-state index contributed by atoms with van der Waals surface area (Å²) in [5, 5.41) is 0.517. The molecular formula is C16H18ClNO3. The number of rotatable bonds is 6. The minimum absolute atomic E-state index is 0.401. The van der Waals surface area contributed by atoms with Gasteiger partial charge in [-0.2, -0.15) is 0 Å². The topological polar surface area (TPSA) is 53.7 Å². The molecule has 21 heavy (non-hydrogen) atoms. The SMILES string of the molecule is COc1cc(C)ccc1OCCOc1ccc(Cl)c(N)c1. The molecule has 0 amide bonds. The van der Waals surface area contributed by atoms with Crippen LogP contribution in [0.2, 0.25) is 5.02 Å². The van der Waals surface area contributed by atoms with Crippen LogP contribution in [0.3, 0.4) is 0 Å². The van der Waals surface area contributed by atoms with Gasteiger partial charge in [0.1, 0.15) is 19.0 Å². The second-order valence-corrected chi connectivity index (χ2v) is 4.94. The Labute approximate surface area is 129 Å². The maximum Gasteiger partial charge on any atom is 0.161 e. The van der Waals surface area contributed by atoms with Gasteiger partial charge in [0.25, 0.3) is 0 Å². The number of benzene rings is 2. The maximum absolute atomic E-state index is 5.85. The number of ether oxygens (including phenoxy) is 3. The number of halogens is 1. The highest BCUT2D eigenvalue weighted by Crippen LogP contribution is 2.28. The molecule has 112 valence electrons. The molecule has 2 N–H and O–H groups in total. The van der Waals surface area contributed by atoms with Gasteiger partial charge in [-0.05, 0) is 36.8 Å². The summed E-state index contributed by atoms with van der Waals surface area (Å²) >= 11 is 5.85. The first kappa shape index (κ1) is 15.3. The number of aryl methyl sites for hydroxylation is 1. The highest BCUT2D eigenvalue weighted by Gasteiger charge is 2.04. The van der Waals surface area contributed by atoms with Crippen LogP contribution < -0.4 is 19.9 Å². The van der Waals surface area contributed by atoms with E-state index in [1.165, 1.54) is 0 Å². The average molecular weight is 308 g/mol. The van der Waals surface area contributed by atoms with Gasteiger partial charge in [-0.15, -0.1) is 0 Å². The van der Waals surface area contributed by atoms with Gasteiger partial charge in [-0.3, -0.25) is 0 Å². The zero-order chi connectivity index (χ0) is 15.2. The molecule has 0 saturated carbocycles. The lowest BCUT2D eigenvalue weighted by Crippen LogP contribution is -2.09. The monoisotopic (exact) mass is 307 g/mol. The van der Waals surface area contributed by atoms with Crippen LogP contribution in [-0.4, -0.2) is 20.3 Å². The van der Waals surface area contributed by atoms with E-state index in [9.17, 15) is 0 Å². The van der Waals surface area contributed by atoms with Crippen molar-refractivity contribution in [2.75, 3.05) is 26.1 Å². The van der Waals surface area contributed by atoms with Crippen molar-refractivity contribution in [2.45, 2.75) is 6.92 Å². The summed E-state index contributed by atoms with van der Waals surface area (Å²) in [7, 11) is 1.62. The molecule has 0 fully saturated rings. The predicted octanol–water partition coefficient (Wildman–Crippen LogP) is 3.70. The lowest BCUT2D eigenvalue weighted by molar-refractivity contribution is 0.211. The zero-order valence-corrected chi connectivity index (χ0v) is 12.8. The van der Waals surface area contributed by atoms with Gasteiger partial charge >= 0.3 is 0 Å². The molecule has 5 heteroatoms. The van der Waals surface area contributed by atoms with Crippen molar-refractivity contribution in [2.24, 2.45) is 0 Å². The molecule has 0 aliphatic carbocycles. The van der Waals surface area contributed by atoms with E-state index in [1.807, 2.05) is 25.1 Å². The van der Waals surface area contributed by atoms with E-state index in [2.05, 4.69) is 0 Å². The fourth-order valence-electron chi connectivity index (χ4n) is 1.82. The second-order valence-electron chi connectivity index (χ2n) is 4.53. The Kier molecular flexibility index (Phi) is 5.17. The van der Waals surface area contributed by atoms with Crippen LogP contribution in [0.15, 0.2) is 36.4 Å². The standard InChI is InChI=1S/C16H18ClNO3/c1-11-3-6-15(16(9-11)19-2)21-8-7-20-12-4-5-13(17)14(18)10-12/h3-6,9-10H,7-8,18H2,1-2H3. The van der Waals surface area contributed by atoms with Crippen molar-refractivity contribution in [1.29, 1.82) is 0 Å². The van der Waals surface area contributed by atoms with Gasteiger partial charge in [-0.1, -0.05) is 17.7 Å². The third-order valence-corrected chi connectivity index (χ3v) is 3.24. The molecule has 0 atom stereocenters. The molecule has 0 bridgehead atoms. The Morgan fingerprint density at radius 2 is 1.76 bits per heavy atom. The quantitative estimate of drug-likeness (QED) is 0.653. The molecule has 0 unspecified atom stereocenters. The van der Waals surface area contributed by atoms with Crippen LogP contribution in [0.25, 0.3) is 0 Å². The van der Waals surface area contributed by atoms with E-state index < -0.39 is 0 Å². The third kappa shape index (κ3) is 4.20. The molecule has 2 aromatic carbocycles. The number of hydrogen-bond donors (Lipinski definition) is 1. The molecule has 0 radical (unpaired) electrons. The maximum atomic E-state index is 5.85. The van der Waals surface area contributed by atoms with Crippen LogP contribution in [0.1, 0.15) is 5.56 Å². The van der Waals surface area contributed by atoms with Crippen molar-refractivity contribution in [3.63, 3.8) is 0 Å². The molecule has 0 heterocycles. The van der Waals surface area contributed by atoms with Crippen LogP contribution >= 0.6 is 11.6 Å². The van der Waals surface area contributed by atoms with Gasteiger partial charge in [0.05, 0.1) is 17.8 Å². The zero-order valence-electron chi connectivity index (χ0n) is 12.1. The third-order valence-electron chi connectivity index (χ3n) is 2.90. The summed E-state index contributed by atoms with van der Waals surface area (Å²) in [6.45, 7) is 2.81. The Morgan fingerprint density at radius 1 is 1.00 bits per heavy atom. The molecular weight excluding hydrogens is 290 g/mol. The predicted molar refractivity (Wildman–Crippen MR) is 84.6 cm³/mol. The van der Waals surface area contributed by atoms with Gasteiger partial charge in [0, 0.05) is 6.07 Å². The number of nitrogens with two attached hydrogens (primary N) is 1. The van der Waals surface area contributed by atoms with Crippen molar-refractivity contribution >= 4 is 17.3 Å². The lowest BCUT2D eigenvalue weighted by Gasteiger charge is -2.12.